The van der Waals surface area contributed by atoms with E-state index in [9.17, 15) is 18.5 Å². The van der Waals surface area contributed by atoms with Gasteiger partial charge in [-0.1, -0.05) is 0 Å². The topological polar surface area (TPSA) is 110 Å². The Kier molecular flexibility index (Phi) is 5.41. The van der Waals surface area contributed by atoms with Gasteiger partial charge in [0.1, 0.15) is 4.90 Å². The molecule has 1 aromatic rings. The van der Waals surface area contributed by atoms with Crippen LogP contribution in [0.3, 0.4) is 0 Å². The van der Waals surface area contributed by atoms with Crippen LogP contribution in [0.1, 0.15) is 13.3 Å². The van der Waals surface area contributed by atoms with Gasteiger partial charge in [0, 0.05) is 23.2 Å². The first-order chi connectivity index (χ1) is 8.74. The van der Waals surface area contributed by atoms with Gasteiger partial charge in [-0.2, -0.15) is 0 Å². The van der Waals surface area contributed by atoms with Gasteiger partial charge in [0.25, 0.3) is 5.69 Å². The molecule has 9 heteroatoms. The highest BCUT2D eigenvalue weighted by Crippen LogP contribution is 2.26. The standard InChI is InChI=1S/C10H13BrN2O5S/c1-7(14)4-5-12-19(17,18)10-6-8(13(15)16)2-3-9(10)11/h2-3,6-7,12,14H,4-5H2,1H3/t7-/m0/s1. The molecule has 0 aromatic heterocycles. The summed E-state index contributed by atoms with van der Waals surface area (Å²) in [5.41, 5.74) is -0.306. The summed E-state index contributed by atoms with van der Waals surface area (Å²) in [5.74, 6) is 0. The van der Waals surface area contributed by atoms with Crippen LogP contribution < -0.4 is 4.72 Å². The molecule has 0 radical (unpaired) electrons. The van der Waals surface area contributed by atoms with Crippen molar-refractivity contribution >= 4 is 31.6 Å². The molecule has 0 saturated carbocycles. The Balaban J connectivity index is 3.00. The minimum absolute atomic E-state index is 0.0507. The van der Waals surface area contributed by atoms with Crippen LogP contribution in [0.15, 0.2) is 27.6 Å². The summed E-state index contributed by atoms with van der Waals surface area (Å²) in [4.78, 5) is 9.77. The molecule has 0 aliphatic carbocycles. The maximum absolute atomic E-state index is 12.0. The zero-order valence-corrected chi connectivity index (χ0v) is 12.4. The van der Waals surface area contributed by atoms with Crippen LogP contribution in [0, 0.1) is 10.1 Å². The first-order valence-electron chi connectivity index (χ1n) is 5.35. The highest BCUT2D eigenvalue weighted by molar-refractivity contribution is 9.10. The van der Waals surface area contributed by atoms with Crippen molar-refractivity contribution in [2.24, 2.45) is 0 Å². The Labute approximate surface area is 119 Å². The number of hydrogen-bond acceptors (Lipinski definition) is 5. The van der Waals surface area contributed by atoms with E-state index >= 15 is 0 Å². The maximum Gasteiger partial charge on any atom is 0.270 e. The largest absolute Gasteiger partial charge is 0.393 e. The summed E-state index contributed by atoms with van der Waals surface area (Å²) in [6.07, 6.45) is -0.373. The molecule has 0 aliphatic heterocycles. The molecule has 0 aliphatic rings. The Hall–Kier alpha value is -1.03. The molecule has 0 fully saturated rings. The maximum atomic E-state index is 12.0. The van der Waals surface area contributed by atoms with Gasteiger partial charge in [-0.3, -0.25) is 10.1 Å². The molecule has 106 valence electrons. The van der Waals surface area contributed by atoms with E-state index in [0.717, 1.165) is 6.07 Å². The second kappa shape index (κ2) is 6.42. The molecule has 1 rings (SSSR count). The lowest BCUT2D eigenvalue weighted by atomic mass is 10.3. The monoisotopic (exact) mass is 352 g/mol. The third-order valence-corrected chi connectivity index (χ3v) is 4.72. The van der Waals surface area contributed by atoms with E-state index in [4.69, 9.17) is 5.11 Å². The predicted octanol–water partition coefficient (Wildman–Crippen LogP) is 1.41. The molecule has 19 heavy (non-hydrogen) atoms. The Morgan fingerprint density at radius 3 is 2.68 bits per heavy atom. The Morgan fingerprint density at radius 1 is 1.53 bits per heavy atom. The Bertz CT molecular complexity index is 573. The van der Waals surface area contributed by atoms with Crippen molar-refractivity contribution in [1.29, 1.82) is 0 Å². The van der Waals surface area contributed by atoms with Crippen molar-refractivity contribution in [3.63, 3.8) is 0 Å². The number of hydrogen-bond donors (Lipinski definition) is 2. The SMILES string of the molecule is C[C@H](O)CCNS(=O)(=O)c1cc([N+](=O)[O-])ccc1Br. The van der Waals surface area contributed by atoms with Crippen LogP contribution in [-0.4, -0.2) is 31.1 Å². The minimum atomic E-state index is -3.86. The minimum Gasteiger partial charge on any atom is -0.393 e. The van der Waals surface area contributed by atoms with Crippen LogP contribution in [0.4, 0.5) is 5.69 Å². The lowest BCUT2D eigenvalue weighted by Gasteiger charge is -2.09. The van der Waals surface area contributed by atoms with E-state index in [-0.39, 0.29) is 28.0 Å². The quantitative estimate of drug-likeness (QED) is 0.594. The molecule has 7 nitrogen and oxygen atoms in total. The van der Waals surface area contributed by atoms with Crippen molar-refractivity contribution in [3.8, 4) is 0 Å². The van der Waals surface area contributed by atoms with Gasteiger partial charge < -0.3 is 5.11 Å². The van der Waals surface area contributed by atoms with Gasteiger partial charge in [-0.05, 0) is 35.3 Å². The van der Waals surface area contributed by atoms with E-state index in [1.54, 1.807) is 0 Å². The molecule has 0 unspecified atom stereocenters. The number of halogens is 1. The summed E-state index contributed by atoms with van der Waals surface area (Å²) >= 11 is 3.05. The van der Waals surface area contributed by atoms with Crippen molar-refractivity contribution in [3.05, 3.63) is 32.8 Å². The highest BCUT2D eigenvalue weighted by Gasteiger charge is 2.20. The fourth-order valence-electron chi connectivity index (χ4n) is 1.29. The summed E-state index contributed by atoms with van der Waals surface area (Å²) in [5, 5.41) is 19.7. The molecule has 0 spiro atoms. The fourth-order valence-corrected chi connectivity index (χ4v) is 3.32. The first-order valence-corrected chi connectivity index (χ1v) is 7.63. The van der Waals surface area contributed by atoms with Crippen LogP contribution in [-0.2, 0) is 10.0 Å². The van der Waals surface area contributed by atoms with Crippen molar-refractivity contribution < 1.29 is 18.4 Å². The van der Waals surface area contributed by atoms with Crippen LogP contribution in [0.25, 0.3) is 0 Å². The number of nitro benzene ring substituents is 1. The molecule has 1 atom stereocenters. The van der Waals surface area contributed by atoms with Gasteiger partial charge in [0.2, 0.25) is 10.0 Å². The smallest absolute Gasteiger partial charge is 0.270 e. The van der Waals surface area contributed by atoms with E-state index in [1.165, 1.54) is 19.1 Å². The molecule has 0 saturated heterocycles. The van der Waals surface area contributed by atoms with E-state index in [1.807, 2.05) is 0 Å². The van der Waals surface area contributed by atoms with Crippen molar-refractivity contribution in [2.75, 3.05) is 6.54 Å². The lowest BCUT2D eigenvalue weighted by molar-refractivity contribution is -0.385. The molecule has 2 N–H and O–H groups in total. The zero-order valence-electron chi connectivity index (χ0n) is 10.0. The van der Waals surface area contributed by atoms with Crippen molar-refractivity contribution in [2.45, 2.75) is 24.3 Å². The van der Waals surface area contributed by atoms with Gasteiger partial charge in [-0.25, -0.2) is 13.1 Å². The number of nitrogens with zero attached hydrogens (tertiary/aromatic N) is 1. The number of nitrogens with one attached hydrogen (secondary N) is 1. The van der Waals surface area contributed by atoms with E-state index < -0.39 is 21.1 Å². The number of non-ortho nitro benzene ring substituents is 1. The lowest BCUT2D eigenvalue weighted by Crippen LogP contribution is -2.27. The zero-order chi connectivity index (χ0) is 14.6. The van der Waals surface area contributed by atoms with Crippen LogP contribution >= 0.6 is 15.9 Å². The normalized spacial score (nSPS) is 13.2. The Morgan fingerprint density at radius 2 is 2.16 bits per heavy atom. The second-order valence-corrected chi connectivity index (χ2v) is 6.50. The molecular weight excluding hydrogens is 340 g/mol. The number of benzene rings is 1. The first kappa shape index (κ1) is 16.0. The fraction of sp³-hybridized carbons (Fsp3) is 0.400. The predicted molar refractivity (Wildman–Crippen MR) is 72.3 cm³/mol. The number of aliphatic hydroxyl groups is 1. The third-order valence-electron chi connectivity index (χ3n) is 2.27. The molecule has 0 heterocycles. The van der Waals surface area contributed by atoms with Gasteiger partial charge in [0.15, 0.2) is 0 Å². The molecular formula is C10H13BrN2O5S. The summed E-state index contributed by atoms with van der Waals surface area (Å²) in [6.45, 7) is 1.59. The van der Waals surface area contributed by atoms with Gasteiger partial charge in [0.05, 0.1) is 11.0 Å². The molecule has 0 amide bonds. The second-order valence-electron chi connectivity index (χ2n) is 3.91. The number of rotatable bonds is 6. The number of nitro groups is 1. The van der Waals surface area contributed by atoms with E-state index in [2.05, 4.69) is 20.7 Å². The number of aliphatic hydroxyl groups excluding tert-OH is 1. The highest BCUT2D eigenvalue weighted by atomic mass is 79.9. The average Bonchev–Trinajstić information content (AvgIpc) is 2.28. The van der Waals surface area contributed by atoms with Gasteiger partial charge in [-0.15, -0.1) is 0 Å². The average molecular weight is 353 g/mol. The summed E-state index contributed by atoms with van der Waals surface area (Å²) in [7, 11) is -3.86. The van der Waals surface area contributed by atoms with Gasteiger partial charge >= 0.3 is 0 Å². The molecule has 0 bridgehead atoms. The van der Waals surface area contributed by atoms with Crippen LogP contribution in [0.2, 0.25) is 0 Å². The van der Waals surface area contributed by atoms with Crippen molar-refractivity contribution in [1.82, 2.24) is 4.72 Å². The van der Waals surface area contributed by atoms with Crippen LogP contribution in [0.5, 0.6) is 0 Å². The summed E-state index contributed by atoms with van der Waals surface area (Å²) in [6, 6.07) is 3.50. The number of sulfonamides is 1. The summed E-state index contributed by atoms with van der Waals surface area (Å²) < 4.78 is 26.4. The molecule has 1 aromatic carbocycles. The third kappa shape index (κ3) is 4.53. The van der Waals surface area contributed by atoms with E-state index in [0.29, 0.717) is 0 Å².